The van der Waals surface area contributed by atoms with Gasteiger partial charge in [0.2, 0.25) is 0 Å². The van der Waals surface area contributed by atoms with Crippen LogP contribution in [0.3, 0.4) is 0 Å². The third-order valence-corrected chi connectivity index (χ3v) is 4.12. The Bertz CT molecular complexity index is 689. The molecule has 0 amide bonds. The third-order valence-electron chi connectivity index (χ3n) is 4.12. The molecular weight excluding hydrogens is 250 g/mol. The molecule has 0 heterocycles. The summed E-state index contributed by atoms with van der Waals surface area (Å²) in [5, 5.41) is 9.23. The standard InChI is InChI=1S/C17H17NO2/c1-17(18,16(19)20)13-8-9-15-12(10-13)7-6-11-4-2-3-5-14(11)15/h2-5,8-10H,6-7,18H2,1H3,(H,19,20)/t17-/m1/s1. The fourth-order valence-corrected chi connectivity index (χ4v) is 2.78. The Hall–Kier alpha value is -2.13. The lowest BCUT2D eigenvalue weighted by Gasteiger charge is -2.24. The van der Waals surface area contributed by atoms with E-state index >= 15 is 0 Å². The minimum absolute atomic E-state index is 0.656. The molecule has 0 fully saturated rings. The summed E-state index contributed by atoms with van der Waals surface area (Å²) in [5.74, 6) is -1.01. The summed E-state index contributed by atoms with van der Waals surface area (Å²) in [4.78, 5) is 11.3. The summed E-state index contributed by atoms with van der Waals surface area (Å²) < 4.78 is 0. The first-order valence-electron chi connectivity index (χ1n) is 6.74. The minimum atomic E-state index is -1.34. The summed E-state index contributed by atoms with van der Waals surface area (Å²) in [6.45, 7) is 1.54. The van der Waals surface area contributed by atoms with E-state index < -0.39 is 11.5 Å². The number of carbonyl (C=O) groups is 1. The van der Waals surface area contributed by atoms with Gasteiger partial charge in [-0.3, -0.25) is 0 Å². The normalized spacial score (nSPS) is 15.9. The molecule has 20 heavy (non-hydrogen) atoms. The van der Waals surface area contributed by atoms with Crippen LogP contribution in [0.15, 0.2) is 42.5 Å². The summed E-state index contributed by atoms with van der Waals surface area (Å²) in [6, 6.07) is 14.1. The van der Waals surface area contributed by atoms with Crippen LogP contribution in [0.5, 0.6) is 0 Å². The number of fused-ring (bicyclic) bond motifs is 3. The summed E-state index contributed by atoms with van der Waals surface area (Å²) in [5.41, 5.74) is 10.2. The fraction of sp³-hybridized carbons (Fsp3) is 0.235. The molecule has 1 atom stereocenters. The van der Waals surface area contributed by atoms with Crippen LogP contribution in [-0.2, 0) is 23.2 Å². The van der Waals surface area contributed by atoms with E-state index in [0.717, 1.165) is 12.8 Å². The van der Waals surface area contributed by atoms with Crippen molar-refractivity contribution in [2.45, 2.75) is 25.3 Å². The maximum Gasteiger partial charge on any atom is 0.328 e. The molecule has 0 saturated heterocycles. The van der Waals surface area contributed by atoms with E-state index in [9.17, 15) is 9.90 Å². The zero-order valence-electron chi connectivity index (χ0n) is 11.4. The van der Waals surface area contributed by atoms with Crippen LogP contribution in [-0.4, -0.2) is 11.1 Å². The smallest absolute Gasteiger partial charge is 0.328 e. The molecule has 3 N–H and O–H groups in total. The zero-order chi connectivity index (χ0) is 14.3. The highest BCUT2D eigenvalue weighted by Crippen LogP contribution is 2.35. The molecule has 0 unspecified atom stereocenters. The van der Waals surface area contributed by atoms with E-state index in [1.165, 1.54) is 29.2 Å². The van der Waals surface area contributed by atoms with Crippen LogP contribution < -0.4 is 5.73 Å². The largest absolute Gasteiger partial charge is 0.480 e. The van der Waals surface area contributed by atoms with Crippen molar-refractivity contribution in [2.24, 2.45) is 5.73 Å². The summed E-state index contributed by atoms with van der Waals surface area (Å²) in [6.07, 6.45) is 1.91. The Kier molecular flexibility index (Phi) is 2.87. The average Bonchev–Trinajstić information content (AvgIpc) is 2.46. The first kappa shape index (κ1) is 12.9. The van der Waals surface area contributed by atoms with Gasteiger partial charge >= 0.3 is 5.97 Å². The quantitative estimate of drug-likeness (QED) is 0.879. The molecule has 102 valence electrons. The highest BCUT2D eigenvalue weighted by molar-refractivity contribution is 5.81. The molecule has 0 aromatic heterocycles. The Balaban J connectivity index is 2.11. The van der Waals surface area contributed by atoms with Gasteiger partial charge in [0.15, 0.2) is 0 Å². The monoisotopic (exact) mass is 267 g/mol. The van der Waals surface area contributed by atoms with E-state index in [1.807, 2.05) is 24.3 Å². The molecule has 0 bridgehead atoms. The van der Waals surface area contributed by atoms with Crippen LogP contribution >= 0.6 is 0 Å². The van der Waals surface area contributed by atoms with Gasteiger partial charge in [-0.2, -0.15) is 0 Å². The lowest BCUT2D eigenvalue weighted by atomic mass is 9.82. The van der Waals surface area contributed by atoms with Gasteiger partial charge < -0.3 is 10.8 Å². The van der Waals surface area contributed by atoms with Crippen LogP contribution in [0.4, 0.5) is 0 Å². The van der Waals surface area contributed by atoms with Gasteiger partial charge in [-0.05, 0) is 47.6 Å². The number of hydrogen-bond donors (Lipinski definition) is 2. The average molecular weight is 267 g/mol. The Labute approximate surface area is 118 Å². The van der Waals surface area contributed by atoms with Crippen LogP contribution in [0.2, 0.25) is 0 Å². The Morgan fingerprint density at radius 1 is 1.10 bits per heavy atom. The van der Waals surface area contributed by atoms with E-state index in [0.29, 0.717) is 5.56 Å². The number of rotatable bonds is 2. The second-order valence-electron chi connectivity index (χ2n) is 5.54. The number of hydrogen-bond acceptors (Lipinski definition) is 2. The Morgan fingerprint density at radius 2 is 1.75 bits per heavy atom. The van der Waals surface area contributed by atoms with Crippen molar-refractivity contribution in [3.8, 4) is 11.1 Å². The summed E-state index contributed by atoms with van der Waals surface area (Å²) in [7, 11) is 0. The van der Waals surface area contributed by atoms with Crippen LogP contribution in [0, 0.1) is 0 Å². The maximum atomic E-state index is 11.3. The van der Waals surface area contributed by atoms with Gasteiger partial charge in [0.25, 0.3) is 0 Å². The van der Waals surface area contributed by atoms with E-state index in [2.05, 4.69) is 18.2 Å². The van der Waals surface area contributed by atoms with Gasteiger partial charge in [-0.25, -0.2) is 4.79 Å². The minimum Gasteiger partial charge on any atom is -0.480 e. The predicted molar refractivity (Wildman–Crippen MR) is 78.5 cm³/mol. The highest BCUT2D eigenvalue weighted by Gasteiger charge is 2.31. The van der Waals surface area contributed by atoms with E-state index in [1.54, 1.807) is 0 Å². The van der Waals surface area contributed by atoms with Crippen LogP contribution in [0.1, 0.15) is 23.6 Å². The van der Waals surface area contributed by atoms with Crippen molar-refractivity contribution >= 4 is 5.97 Å². The van der Waals surface area contributed by atoms with Crippen molar-refractivity contribution in [1.82, 2.24) is 0 Å². The molecule has 0 radical (unpaired) electrons. The zero-order valence-corrected chi connectivity index (χ0v) is 11.4. The molecule has 2 aromatic rings. The van der Waals surface area contributed by atoms with Gasteiger partial charge in [-0.1, -0.05) is 42.5 Å². The van der Waals surface area contributed by atoms with Gasteiger partial charge in [0.05, 0.1) is 0 Å². The number of nitrogens with two attached hydrogens (primary N) is 1. The number of carboxylic acid groups (broad SMARTS) is 1. The molecule has 3 rings (SSSR count). The Morgan fingerprint density at radius 3 is 2.50 bits per heavy atom. The lowest BCUT2D eigenvalue weighted by Crippen LogP contribution is -2.41. The molecule has 0 spiro atoms. The SMILES string of the molecule is C[C@](N)(C(=O)O)c1ccc2c(c1)CCc1ccccc1-2. The second-order valence-corrected chi connectivity index (χ2v) is 5.54. The highest BCUT2D eigenvalue weighted by atomic mass is 16.4. The van der Waals surface area contributed by atoms with Gasteiger partial charge in [0, 0.05) is 0 Å². The van der Waals surface area contributed by atoms with Gasteiger partial charge in [0.1, 0.15) is 5.54 Å². The van der Waals surface area contributed by atoms with Crippen molar-refractivity contribution in [3.05, 3.63) is 59.2 Å². The summed E-state index contributed by atoms with van der Waals surface area (Å²) >= 11 is 0. The predicted octanol–water partition coefficient (Wildman–Crippen LogP) is 2.71. The first-order valence-corrected chi connectivity index (χ1v) is 6.74. The third kappa shape index (κ3) is 1.91. The first-order chi connectivity index (χ1) is 9.50. The molecular formula is C17H17NO2. The van der Waals surface area contributed by atoms with Crippen molar-refractivity contribution in [2.75, 3.05) is 0 Å². The van der Waals surface area contributed by atoms with E-state index in [4.69, 9.17) is 5.73 Å². The topological polar surface area (TPSA) is 63.3 Å². The van der Waals surface area contributed by atoms with Crippen LogP contribution in [0.25, 0.3) is 11.1 Å². The number of benzene rings is 2. The number of aliphatic carboxylic acids is 1. The van der Waals surface area contributed by atoms with Crippen molar-refractivity contribution < 1.29 is 9.90 Å². The molecule has 2 aromatic carbocycles. The number of aryl methyl sites for hydroxylation is 2. The lowest BCUT2D eigenvalue weighted by molar-refractivity contribution is -0.143. The molecule has 3 nitrogen and oxygen atoms in total. The fourth-order valence-electron chi connectivity index (χ4n) is 2.78. The molecule has 1 aliphatic rings. The van der Waals surface area contributed by atoms with Crippen molar-refractivity contribution in [1.29, 1.82) is 0 Å². The number of carboxylic acids is 1. The molecule has 0 saturated carbocycles. The van der Waals surface area contributed by atoms with Crippen molar-refractivity contribution in [3.63, 3.8) is 0 Å². The second kappa shape index (κ2) is 4.46. The molecule has 0 aliphatic heterocycles. The maximum absolute atomic E-state index is 11.3. The van der Waals surface area contributed by atoms with E-state index in [-0.39, 0.29) is 0 Å². The molecule has 1 aliphatic carbocycles. The van der Waals surface area contributed by atoms with Gasteiger partial charge in [-0.15, -0.1) is 0 Å². The molecule has 3 heteroatoms.